The van der Waals surface area contributed by atoms with E-state index < -0.39 is 5.56 Å². The molecule has 0 fully saturated rings. The molecule has 2 aromatic rings. The molecule has 0 unspecified atom stereocenters. The van der Waals surface area contributed by atoms with Crippen LogP contribution in [0.15, 0.2) is 23.0 Å². The van der Waals surface area contributed by atoms with Crippen LogP contribution in [0.4, 0.5) is 0 Å². The SMILES string of the molecule is O=Cc1cc2c(Cl)cc(Cl)cc2[nH]c1=O. The van der Waals surface area contributed by atoms with Gasteiger partial charge in [-0.3, -0.25) is 9.59 Å². The molecule has 1 aromatic carbocycles. The van der Waals surface area contributed by atoms with Gasteiger partial charge in [-0.05, 0) is 18.2 Å². The zero-order valence-corrected chi connectivity index (χ0v) is 8.89. The Morgan fingerprint density at radius 3 is 2.60 bits per heavy atom. The third kappa shape index (κ3) is 1.76. The highest BCUT2D eigenvalue weighted by atomic mass is 35.5. The Hall–Kier alpha value is -1.32. The van der Waals surface area contributed by atoms with Crippen LogP contribution in [0.5, 0.6) is 0 Å². The van der Waals surface area contributed by atoms with Crippen molar-refractivity contribution in [2.45, 2.75) is 0 Å². The number of H-pyrrole nitrogens is 1. The van der Waals surface area contributed by atoms with Gasteiger partial charge in [0.2, 0.25) is 0 Å². The molecule has 76 valence electrons. The summed E-state index contributed by atoms with van der Waals surface area (Å²) in [6, 6.07) is 4.58. The fourth-order valence-electron chi connectivity index (χ4n) is 1.34. The highest BCUT2D eigenvalue weighted by Gasteiger charge is 2.06. The monoisotopic (exact) mass is 241 g/mol. The van der Waals surface area contributed by atoms with Crippen LogP contribution >= 0.6 is 23.2 Å². The van der Waals surface area contributed by atoms with Gasteiger partial charge in [0.25, 0.3) is 5.56 Å². The molecule has 1 heterocycles. The van der Waals surface area contributed by atoms with Gasteiger partial charge in [0, 0.05) is 10.4 Å². The number of aromatic nitrogens is 1. The third-order valence-corrected chi connectivity index (χ3v) is 2.56. The molecule has 0 aliphatic carbocycles. The molecule has 5 heteroatoms. The minimum Gasteiger partial charge on any atom is -0.321 e. The number of benzene rings is 1. The number of aromatic amines is 1. The molecule has 15 heavy (non-hydrogen) atoms. The van der Waals surface area contributed by atoms with Gasteiger partial charge in [-0.15, -0.1) is 0 Å². The molecule has 2 rings (SSSR count). The van der Waals surface area contributed by atoms with Crippen LogP contribution in [-0.2, 0) is 0 Å². The Kier molecular flexibility index (Phi) is 2.50. The summed E-state index contributed by atoms with van der Waals surface area (Å²) >= 11 is 11.7. The Balaban J connectivity index is 2.93. The first-order valence-corrected chi connectivity index (χ1v) is 4.84. The number of rotatable bonds is 1. The smallest absolute Gasteiger partial charge is 0.259 e. The van der Waals surface area contributed by atoms with E-state index in [1.165, 1.54) is 6.07 Å². The molecule has 0 bridgehead atoms. The number of pyridine rings is 1. The standard InChI is InChI=1S/C10H5Cl2NO2/c11-6-2-8(12)7-1-5(4-14)10(15)13-9(7)3-6/h1-4H,(H,13,15). The lowest BCUT2D eigenvalue weighted by Crippen LogP contribution is -2.11. The Bertz CT molecular complexity index is 604. The summed E-state index contributed by atoms with van der Waals surface area (Å²) in [6.45, 7) is 0. The van der Waals surface area contributed by atoms with E-state index in [0.717, 1.165) is 0 Å². The normalized spacial score (nSPS) is 10.5. The van der Waals surface area contributed by atoms with E-state index in [1.54, 1.807) is 12.1 Å². The van der Waals surface area contributed by atoms with E-state index in [0.29, 0.717) is 27.2 Å². The largest absolute Gasteiger partial charge is 0.321 e. The van der Waals surface area contributed by atoms with Crippen molar-refractivity contribution in [1.82, 2.24) is 4.98 Å². The molecule has 3 nitrogen and oxygen atoms in total. The molecule has 0 saturated carbocycles. The molecule has 0 saturated heterocycles. The summed E-state index contributed by atoms with van der Waals surface area (Å²) in [5.74, 6) is 0. The summed E-state index contributed by atoms with van der Waals surface area (Å²) in [6.07, 6.45) is 0.489. The summed E-state index contributed by atoms with van der Waals surface area (Å²) in [4.78, 5) is 24.4. The van der Waals surface area contributed by atoms with Gasteiger partial charge in [0.15, 0.2) is 6.29 Å². The van der Waals surface area contributed by atoms with E-state index in [4.69, 9.17) is 23.2 Å². The van der Waals surface area contributed by atoms with E-state index in [2.05, 4.69) is 4.98 Å². The fourth-order valence-corrected chi connectivity index (χ4v) is 1.89. The van der Waals surface area contributed by atoms with E-state index in [9.17, 15) is 9.59 Å². The third-order valence-electron chi connectivity index (χ3n) is 2.03. The van der Waals surface area contributed by atoms with E-state index in [1.807, 2.05) is 0 Å². The number of aldehydes is 1. The van der Waals surface area contributed by atoms with Crippen LogP contribution in [-0.4, -0.2) is 11.3 Å². The first kappa shape index (κ1) is 10.2. The van der Waals surface area contributed by atoms with Crippen molar-refractivity contribution in [1.29, 1.82) is 0 Å². The van der Waals surface area contributed by atoms with Crippen molar-refractivity contribution in [2.75, 3.05) is 0 Å². The molecule has 0 radical (unpaired) electrons. The van der Waals surface area contributed by atoms with Crippen LogP contribution < -0.4 is 5.56 Å². The van der Waals surface area contributed by atoms with E-state index in [-0.39, 0.29) is 5.56 Å². The van der Waals surface area contributed by atoms with Gasteiger partial charge in [-0.2, -0.15) is 0 Å². The quantitative estimate of drug-likeness (QED) is 0.781. The maximum Gasteiger partial charge on any atom is 0.259 e. The first-order valence-electron chi connectivity index (χ1n) is 4.09. The van der Waals surface area contributed by atoms with Crippen LogP contribution in [0.2, 0.25) is 10.0 Å². The topological polar surface area (TPSA) is 49.9 Å². The lowest BCUT2D eigenvalue weighted by Gasteiger charge is -2.01. The Morgan fingerprint density at radius 2 is 1.93 bits per heavy atom. The molecule has 0 aliphatic heterocycles. The predicted molar refractivity (Wildman–Crippen MR) is 60.0 cm³/mol. The van der Waals surface area contributed by atoms with Crippen LogP contribution in [0.1, 0.15) is 10.4 Å². The maximum atomic E-state index is 11.3. The average Bonchev–Trinajstić information content (AvgIpc) is 2.16. The lowest BCUT2D eigenvalue weighted by atomic mass is 10.2. The molecule has 1 N–H and O–H groups in total. The van der Waals surface area contributed by atoms with Gasteiger partial charge in [-0.1, -0.05) is 23.2 Å². The molecular weight excluding hydrogens is 237 g/mol. The number of carbonyl (C=O) groups excluding carboxylic acids is 1. The number of carbonyl (C=O) groups is 1. The van der Waals surface area contributed by atoms with Crippen LogP contribution in [0.25, 0.3) is 10.9 Å². The summed E-state index contributed by atoms with van der Waals surface area (Å²) in [5.41, 5.74) is 0.116. The molecular formula is C10H5Cl2NO2. The lowest BCUT2D eigenvalue weighted by molar-refractivity contribution is 0.112. The second-order valence-corrected chi connectivity index (χ2v) is 3.86. The number of nitrogens with one attached hydrogen (secondary N) is 1. The van der Waals surface area contributed by atoms with Gasteiger partial charge >= 0.3 is 0 Å². The summed E-state index contributed by atoms with van der Waals surface area (Å²) in [5, 5.41) is 1.43. The van der Waals surface area contributed by atoms with Gasteiger partial charge in [-0.25, -0.2) is 0 Å². The van der Waals surface area contributed by atoms with Crippen LogP contribution in [0, 0.1) is 0 Å². The van der Waals surface area contributed by atoms with Gasteiger partial charge in [0.05, 0.1) is 16.1 Å². The van der Waals surface area contributed by atoms with Crippen molar-refractivity contribution in [3.8, 4) is 0 Å². The number of hydrogen-bond acceptors (Lipinski definition) is 2. The summed E-state index contributed by atoms with van der Waals surface area (Å²) < 4.78 is 0. The predicted octanol–water partition coefficient (Wildman–Crippen LogP) is 2.65. The molecule has 1 aromatic heterocycles. The van der Waals surface area contributed by atoms with Crippen molar-refractivity contribution in [3.05, 3.63) is 44.2 Å². The molecule has 0 amide bonds. The second-order valence-electron chi connectivity index (χ2n) is 3.02. The van der Waals surface area contributed by atoms with E-state index >= 15 is 0 Å². The molecule has 0 spiro atoms. The first-order chi connectivity index (χ1) is 7.11. The highest BCUT2D eigenvalue weighted by Crippen LogP contribution is 2.25. The minimum atomic E-state index is -0.448. The molecule has 0 aliphatic rings. The van der Waals surface area contributed by atoms with Crippen molar-refractivity contribution in [2.24, 2.45) is 0 Å². The number of hydrogen-bond donors (Lipinski definition) is 1. The highest BCUT2D eigenvalue weighted by molar-refractivity contribution is 6.38. The Labute approximate surface area is 94.6 Å². The zero-order valence-electron chi connectivity index (χ0n) is 7.38. The fraction of sp³-hybridized carbons (Fsp3) is 0. The second kappa shape index (κ2) is 3.68. The maximum absolute atomic E-state index is 11.3. The average molecular weight is 242 g/mol. The number of fused-ring (bicyclic) bond motifs is 1. The molecule has 0 atom stereocenters. The summed E-state index contributed by atoms with van der Waals surface area (Å²) in [7, 11) is 0. The van der Waals surface area contributed by atoms with Crippen molar-refractivity contribution < 1.29 is 4.79 Å². The Morgan fingerprint density at radius 1 is 1.20 bits per heavy atom. The van der Waals surface area contributed by atoms with Gasteiger partial charge in [0.1, 0.15) is 0 Å². The minimum absolute atomic E-state index is 0.0479. The van der Waals surface area contributed by atoms with Gasteiger partial charge < -0.3 is 4.98 Å². The van der Waals surface area contributed by atoms with Crippen molar-refractivity contribution in [3.63, 3.8) is 0 Å². The van der Waals surface area contributed by atoms with Crippen molar-refractivity contribution >= 4 is 40.4 Å². The zero-order chi connectivity index (χ0) is 11.0. The van der Waals surface area contributed by atoms with Crippen LogP contribution in [0.3, 0.4) is 0 Å². The number of halogens is 2.